The highest BCUT2D eigenvalue weighted by Crippen LogP contribution is 2.46. The number of halogens is 1. The fraction of sp³-hybridized carbons (Fsp3) is 0.571. The highest BCUT2D eigenvalue weighted by atomic mass is 35.5. The van der Waals surface area contributed by atoms with Crippen LogP contribution in [0.1, 0.15) is 86.7 Å². The quantitative estimate of drug-likeness (QED) is 0.376. The summed E-state index contributed by atoms with van der Waals surface area (Å²) in [7, 11) is -3.94. The lowest BCUT2D eigenvalue weighted by atomic mass is 9.68. The zero-order valence-electron chi connectivity index (χ0n) is 25.8. The standard InChI is InChI=1S/C35H45ClN2O5S/c1-3-4-10-33-23(2)7-5-9-31(39)28-14-11-26(28)20-38-21-35(17-6-8-24-18-27(36)13-15-29(24)35)22-43-32-16-12-25(19-30(32)38)34(40)37-44(33,41)42/h5,9,12-13,15-16,18-19,23,26,28,31,33,39H,3-4,6-8,10-11,14,17,20-22H2,1-2H3,(H,37,40)/b9-5+/t23-,26+,28-,31?,33?,35+/m1/s1. The summed E-state index contributed by atoms with van der Waals surface area (Å²) in [5.41, 5.74) is 3.35. The van der Waals surface area contributed by atoms with Crippen molar-refractivity contribution in [3.63, 3.8) is 0 Å². The van der Waals surface area contributed by atoms with Gasteiger partial charge in [0.1, 0.15) is 5.75 Å². The molecule has 2 heterocycles. The molecule has 0 saturated heterocycles. The largest absolute Gasteiger partial charge is 0.490 e. The molecule has 2 aromatic rings. The van der Waals surface area contributed by atoms with Gasteiger partial charge in [-0.3, -0.25) is 4.79 Å². The molecule has 2 aromatic carbocycles. The van der Waals surface area contributed by atoms with E-state index in [0.717, 1.165) is 62.2 Å². The van der Waals surface area contributed by atoms with Gasteiger partial charge in [-0.2, -0.15) is 0 Å². The first-order chi connectivity index (χ1) is 21.1. The fourth-order valence-corrected chi connectivity index (χ4v) is 9.87. The molecule has 1 fully saturated rings. The van der Waals surface area contributed by atoms with Crippen molar-refractivity contribution in [1.82, 2.24) is 4.72 Å². The summed E-state index contributed by atoms with van der Waals surface area (Å²) >= 11 is 6.40. The second-order valence-corrected chi connectivity index (χ2v) is 15.9. The van der Waals surface area contributed by atoms with Gasteiger partial charge in [-0.15, -0.1) is 0 Å². The maximum absolute atomic E-state index is 13.6. The van der Waals surface area contributed by atoms with Crippen LogP contribution in [0, 0.1) is 17.8 Å². The van der Waals surface area contributed by atoms with Crippen LogP contribution in [0.4, 0.5) is 5.69 Å². The summed E-state index contributed by atoms with van der Waals surface area (Å²) < 4.78 is 36.2. The second kappa shape index (κ2) is 12.7. The molecular weight excluding hydrogens is 596 g/mol. The Balaban J connectivity index is 1.41. The van der Waals surface area contributed by atoms with Crippen molar-refractivity contribution in [3.8, 4) is 5.75 Å². The number of amides is 1. The number of unbranched alkanes of at least 4 members (excludes halogenated alkanes) is 1. The smallest absolute Gasteiger partial charge is 0.264 e. The number of aliphatic hydroxyl groups is 1. The topological polar surface area (TPSA) is 95.9 Å². The third-order valence-corrected chi connectivity index (χ3v) is 12.8. The van der Waals surface area contributed by atoms with Crippen molar-refractivity contribution in [1.29, 1.82) is 0 Å². The van der Waals surface area contributed by atoms with E-state index in [9.17, 15) is 18.3 Å². The van der Waals surface area contributed by atoms with E-state index in [2.05, 4.69) is 21.8 Å². The van der Waals surface area contributed by atoms with Crippen LogP contribution in [0.15, 0.2) is 48.6 Å². The molecule has 2 N–H and O–H groups in total. The molecule has 1 amide bonds. The molecule has 9 heteroatoms. The van der Waals surface area contributed by atoms with Crippen molar-refractivity contribution < 1.29 is 23.1 Å². The molecule has 2 bridgehead atoms. The van der Waals surface area contributed by atoms with Gasteiger partial charge >= 0.3 is 0 Å². The van der Waals surface area contributed by atoms with E-state index in [4.69, 9.17) is 16.3 Å². The lowest BCUT2D eigenvalue weighted by Gasteiger charge is -2.45. The number of carbonyl (C=O) groups excluding carboxylic acids is 1. The molecule has 4 aliphatic rings. The lowest BCUT2D eigenvalue weighted by Crippen LogP contribution is -2.49. The van der Waals surface area contributed by atoms with Gasteiger partial charge in [0, 0.05) is 29.1 Å². The predicted octanol–water partition coefficient (Wildman–Crippen LogP) is 6.41. The van der Waals surface area contributed by atoms with Crippen LogP contribution in [0.2, 0.25) is 5.02 Å². The van der Waals surface area contributed by atoms with Crippen LogP contribution in [0.25, 0.3) is 0 Å². The molecule has 1 spiro atoms. The van der Waals surface area contributed by atoms with E-state index in [1.807, 2.05) is 38.1 Å². The molecule has 1 saturated carbocycles. The first kappa shape index (κ1) is 31.4. The van der Waals surface area contributed by atoms with Crippen molar-refractivity contribution in [2.75, 3.05) is 24.6 Å². The highest BCUT2D eigenvalue weighted by molar-refractivity contribution is 7.90. The Labute approximate surface area is 267 Å². The zero-order chi connectivity index (χ0) is 31.1. The zero-order valence-corrected chi connectivity index (χ0v) is 27.4. The van der Waals surface area contributed by atoms with Gasteiger partial charge in [0.25, 0.3) is 5.91 Å². The number of allylic oxidation sites excluding steroid dienone is 1. The second-order valence-electron chi connectivity index (χ2n) is 13.6. The maximum Gasteiger partial charge on any atom is 0.264 e. The number of anilines is 1. The van der Waals surface area contributed by atoms with E-state index in [0.29, 0.717) is 37.3 Å². The van der Waals surface area contributed by atoms with Crippen LogP contribution in [-0.2, 0) is 21.9 Å². The molecule has 7 nitrogen and oxygen atoms in total. The number of nitrogens with one attached hydrogen (secondary N) is 1. The maximum atomic E-state index is 13.6. The van der Waals surface area contributed by atoms with Gasteiger partial charge in [-0.05, 0) is 104 Å². The summed E-state index contributed by atoms with van der Waals surface area (Å²) in [6, 6.07) is 11.5. The molecule has 2 aliphatic carbocycles. The van der Waals surface area contributed by atoms with Gasteiger partial charge in [-0.25, -0.2) is 13.1 Å². The molecule has 238 valence electrons. The number of fused-ring (bicyclic) bond motifs is 4. The molecule has 44 heavy (non-hydrogen) atoms. The number of rotatable bonds is 3. The van der Waals surface area contributed by atoms with Crippen LogP contribution in [0.3, 0.4) is 0 Å². The predicted molar refractivity (Wildman–Crippen MR) is 175 cm³/mol. The highest BCUT2D eigenvalue weighted by Gasteiger charge is 2.44. The normalized spacial score (nSPS) is 32.3. The minimum atomic E-state index is -3.94. The number of nitrogens with zero attached hydrogens (tertiary/aromatic N) is 1. The minimum absolute atomic E-state index is 0.126. The molecule has 6 atom stereocenters. The molecule has 2 aliphatic heterocycles. The average Bonchev–Trinajstić information content (AvgIpc) is 3.11. The molecule has 0 aromatic heterocycles. The summed E-state index contributed by atoms with van der Waals surface area (Å²) in [5.74, 6) is 0.278. The number of ether oxygens (including phenoxy) is 1. The monoisotopic (exact) mass is 640 g/mol. The summed E-state index contributed by atoms with van der Waals surface area (Å²) in [4.78, 5) is 15.9. The Morgan fingerprint density at radius 2 is 2.02 bits per heavy atom. The Kier molecular flexibility index (Phi) is 9.06. The first-order valence-corrected chi connectivity index (χ1v) is 18.2. The van der Waals surface area contributed by atoms with Gasteiger partial charge < -0.3 is 14.7 Å². The molecule has 6 rings (SSSR count). The third kappa shape index (κ3) is 6.14. The van der Waals surface area contributed by atoms with Crippen molar-refractivity contribution >= 4 is 33.2 Å². The number of aryl methyl sites for hydroxylation is 1. The first-order valence-electron chi connectivity index (χ1n) is 16.3. The van der Waals surface area contributed by atoms with Crippen molar-refractivity contribution in [2.24, 2.45) is 17.8 Å². The Bertz CT molecular complexity index is 1530. The van der Waals surface area contributed by atoms with Crippen LogP contribution < -0.4 is 14.4 Å². The average molecular weight is 641 g/mol. The minimum Gasteiger partial charge on any atom is -0.490 e. The summed E-state index contributed by atoms with van der Waals surface area (Å²) in [6.45, 7) is 5.87. The lowest BCUT2D eigenvalue weighted by molar-refractivity contribution is 0.0455. The van der Waals surface area contributed by atoms with Crippen LogP contribution in [-0.4, -0.2) is 50.5 Å². The number of hydrogen-bond donors (Lipinski definition) is 2. The van der Waals surface area contributed by atoms with Gasteiger partial charge in [0.15, 0.2) is 0 Å². The van der Waals surface area contributed by atoms with Crippen molar-refractivity contribution in [3.05, 3.63) is 70.3 Å². The van der Waals surface area contributed by atoms with Crippen LogP contribution in [0.5, 0.6) is 5.75 Å². The van der Waals surface area contributed by atoms with Gasteiger partial charge in [0.05, 0.1) is 23.6 Å². The summed E-state index contributed by atoms with van der Waals surface area (Å²) in [5, 5.41) is 11.3. The molecular formula is C35H45ClN2O5S. The molecule has 0 radical (unpaired) electrons. The molecule has 2 unspecified atom stereocenters. The number of aliphatic hydroxyl groups excluding tert-OH is 1. The van der Waals surface area contributed by atoms with Gasteiger partial charge in [0.2, 0.25) is 10.0 Å². The van der Waals surface area contributed by atoms with Gasteiger partial charge in [-0.1, -0.05) is 56.5 Å². The van der Waals surface area contributed by atoms with E-state index < -0.39 is 27.3 Å². The summed E-state index contributed by atoms with van der Waals surface area (Å²) in [6.07, 6.45) is 10.8. The number of hydrogen-bond acceptors (Lipinski definition) is 6. The number of benzene rings is 2. The third-order valence-electron chi connectivity index (χ3n) is 10.6. The van der Waals surface area contributed by atoms with Crippen molar-refractivity contribution in [2.45, 2.75) is 88.4 Å². The van der Waals surface area contributed by atoms with E-state index in [-0.39, 0.29) is 23.2 Å². The SMILES string of the molecule is CCCCC1[C@H](C)C/C=C/C(O)[C@@H]2CC[C@H]2CN2C[C@@]3(CCCc4cc(Cl)ccc43)COc3ccc(cc32)C(=O)NS1(=O)=O. The number of sulfonamides is 1. The van der Waals surface area contributed by atoms with E-state index in [1.165, 1.54) is 11.1 Å². The Morgan fingerprint density at radius 3 is 2.80 bits per heavy atom. The number of carbonyl (C=O) groups is 1. The van der Waals surface area contributed by atoms with E-state index >= 15 is 0 Å². The Hall–Kier alpha value is -2.55. The van der Waals surface area contributed by atoms with E-state index in [1.54, 1.807) is 12.1 Å². The Morgan fingerprint density at radius 1 is 1.18 bits per heavy atom. The fourth-order valence-electron chi connectivity index (χ4n) is 7.95. The van der Waals surface area contributed by atoms with Crippen LogP contribution >= 0.6 is 11.6 Å².